The Morgan fingerprint density at radius 3 is 2.41 bits per heavy atom. The summed E-state index contributed by atoms with van der Waals surface area (Å²) in [5, 5.41) is 9.00. The molecule has 0 amide bonds. The second-order valence-corrected chi connectivity index (χ2v) is 3.79. The van der Waals surface area contributed by atoms with Gasteiger partial charge >= 0.3 is 5.97 Å². The molecule has 0 radical (unpaired) electrons. The van der Waals surface area contributed by atoms with Crippen molar-refractivity contribution in [2.45, 2.75) is 31.7 Å². The molecule has 0 heterocycles. The highest BCUT2D eigenvalue weighted by Crippen LogP contribution is 2.01. The first-order chi connectivity index (χ1) is 8.07. The molecule has 0 bridgehead atoms. The fraction of sp³-hybridized carbons (Fsp3) is 0.889. The molecule has 1 unspecified atom stereocenters. The number of hydrogen-bond donors (Lipinski definition) is 2. The van der Waals surface area contributed by atoms with Crippen molar-refractivity contribution in [3.8, 4) is 0 Å². The lowest BCUT2D eigenvalue weighted by molar-refractivity contribution is -0.757. The van der Waals surface area contributed by atoms with Gasteiger partial charge in [-0.05, 0) is 19.3 Å². The zero-order chi connectivity index (χ0) is 13.1. The summed E-state index contributed by atoms with van der Waals surface area (Å²) < 4.78 is 4.89. The Kier molecular flexibility index (Phi) is 9.55. The zero-order valence-electron chi connectivity index (χ0n) is 9.54. The van der Waals surface area contributed by atoms with E-state index in [1.807, 2.05) is 0 Å². The summed E-state index contributed by atoms with van der Waals surface area (Å²) in [5.74, 6) is -0.187. The lowest BCUT2D eigenvalue weighted by Gasteiger charge is -2.08. The molecule has 0 aromatic carbocycles. The average Bonchev–Trinajstić information content (AvgIpc) is 2.30. The molecule has 0 fully saturated rings. The smallest absolute Gasteiger partial charge is 0.323 e. The van der Waals surface area contributed by atoms with E-state index in [1.54, 1.807) is 0 Å². The van der Waals surface area contributed by atoms with E-state index in [-0.39, 0.29) is 12.4 Å². The molecule has 0 saturated heterocycles. The summed E-state index contributed by atoms with van der Waals surface area (Å²) in [4.78, 5) is 25.0. The van der Waals surface area contributed by atoms with Gasteiger partial charge in [-0.25, -0.2) is 0 Å². The Labute approximate surface area is 105 Å². The molecule has 0 saturated carbocycles. The topological polar surface area (TPSA) is 105 Å². The van der Waals surface area contributed by atoms with Gasteiger partial charge in [0.25, 0.3) is 5.09 Å². The van der Waals surface area contributed by atoms with Gasteiger partial charge in [-0.15, -0.1) is 10.1 Å². The van der Waals surface area contributed by atoms with E-state index in [2.05, 4.69) is 17.5 Å². The molecule has 0 aromatic heterocycles. The number of hydrogen-bond acceptors (Lipinski definition) is 7. The summed E-state index contributed by atoms with van der Waals surface area (Å²) in [5.41, 5.74) is 5.39. The van der Waals surface area contributed by atoms with Crippen LogP contribution in [0.5, 0.6) is 0 Å². The van der Waals surface area contributed by atoms with Gasteiger partial charge in [0, 0.05) is 5.75 Å². The molecule has 0 rings (SSSR count). The second kappa shape index (κ2) is 10.2. The molecule has 0 aliphatic rings. The highest BCUT2D eigenvalue weighted by Gasteiger charge is 2.11. The molecule has 0 aliphatic carbocycles. The molecule has 8 heteroatoms. The molecule has 1 atom stereocenters. The van der Waals surface area contributed by atoms with Crippen LogP contribution in [-0.2, 0) is 14.4 Å². The van der Waals surface area contributed by atoms with Crippen molar-refractivity contribution in [2.24, 2.45) is 5.73 Å². The van der Waals surface area contributed by atoms with E-state index < -0.39 is 17.1 Å². The first-order valence-corrected chi connectivity index (χ1v) is 6.01. The third-order valence-electron chi connectivity index (χ3n) is 1.98. The molecule has 0 aliphatic heterocycles. The van der Waals surface area contributed by atoms with Crippen LogP contribution in [0.25, 0.3) is 0 Å². The van der Waals surface area contributed by atoms with Gasteiger partial charge in [-0.2, -0.15) is 12.6 Å². The van der Waals surface area contributed by atoms with Crippen LogP contribution in [0.15, 0.2) is 0 Å². The van der Waals surface area contributed by atoms with Crippen molar-refractivity contribution in [3.05, 3.63) is 10.1 Å². The fourth-order valence-electron chi connectivity index (χ4n) is 1.05. The highest BCUT2D eigenvalue weighted by atomic mass is 32.1. The summed E-state index contributed by atoms with van der Waals surface area (Å²) in [6.45, 7) is 0.424. The number of thiol groups is 1. The van der Waals surface area contributed by atoms with E-state index in [4.69, 9.17) is 10.5 Å². The number of rotatable bonds is 10. The van der Waals surface area contributed by atoms with Gasteiger partial charge in [-0.3, -0.25) is 4.79 Å². The minimum absolute atomic E-state index is 0.108. The van der Waals surface area contributed by atoms with Gasteiger partial charge in [0.15, 0.2) is 0 Å². The van der Waals surface area contributed by atoms with Crippen molar-refractivity contribution in [1.29, 1.82) is 0 Å². The summed E-state index contributed by atoms with van der Waals surface area (Å²) in [6.07, 6.45) is 2.95. The molecule has 0 spiro atoms. The SMILES string of the molecule is NC(CS)C(=O)OCCCCCCO[N+](=O)[O-]. The van der Waals surface area contributed by atoms with Crippen molar-refractivity contribution in [3.63, 3.8) is 0 Å². The van der Waals surface area contributed by atoms with Gasteiger partial charge in [-0.1, -0.05) is 6.42 Å². The van der Waals surface area contributed by atoms with Crippen LogP contribution in [0.2, 0.25) is 0 Å². The largest absolute Gasteiger partial charge is 0.465 e. The fourth-order valence-corrected chi connectivity index (χ4v) is 1.20. The molecule has 0 aromatic rings. The molecular formula is C9H18N2O5S. The Hall–Kier alpha value is -1.02. The van der Waals surface area contributed by atoms with E-state index in [0.717, 1.165) is 12.8 Å². The van der Waals surface area contributed by atoms with Crippen molar-refractivity contribution in [1.82, 2.24) is 0 Å². The number of unbranched alkanes of at least 4 members (excludes halogenated alkanes) is 3. The van der Waals surface area contributed by atoms with E-state index >= 15 is 0 Å². The Morgan fingerprint density at radius 2 is 1.88 bits per heavy atom. The predicted molar refractivity (Wildman–Crippen MR) is 64.2 cm³/mol. The van der Waals surface area contributed by atoms with Crippen LogP contribution in [0, 0.1) is 10.1 Å². The van der Waals surface area contributed by atoms with Crippen molar-refractivity contribution >= 4 is 18.6 Å². The monoisotopic (exact) mass is 266 g/mol. The van der Waals surface area contributed by atoms with Gasteiger partial charge in [0.1, 0.15) is 6.04 Å². The number of carbonyl (C=O) groups is 1. The van der Waals surface area contributed by atoms with Crippen LogP contribution in [0.1, 0.15) is 25.7 Å². The average molecular weight is 266 g/mol. The first kappa shape index (κ1) is 16.0. The lowest BCUT2D eigenvalue weighted by Crippen LogP contribution is -2.34. The standard InChI is InChI=1S/C9H18N2O5S/c10-8(7-17)9(12)15-5-3-1-2-4-6-16-11(13)14/h8,17H,1-7,10H2. The number of ether oxygens (including phenoxy) is 1. The Balaban J connectivity index is 3.24. The van der Waals surface area contributed by atoms with Gasteiger partial charge in [0.2, 0.25) is 0 Å². The number of carbonyl (C=O) groups excluding carboxylic acids is 1. The van der Waals surface area contributed by atoms with Crippen LogP contribution in [-0.4, -0.2) is 36.1 Å². The van der Waals surface area contributed by atoms with Crippen molar-refractivity contribution < 1.29 is 19.5 Å². The minimum Gasteiger partial charge on any atom is -0.465 e. The third-order valence-corrected chi connectivity index (χ3v) is 2.37. The van der Waals surface area contributed by atoms with E-state index in [9.17, 15) is 14.9 Å². The summed E-state index contributed by atoms with van der Waals surface area (Å²) in [6, 6.07) is -0.674. The molecule has 2 N–H and O–H groups in total. The van der Waals surface area contributed by atoms with E-state index in [1.165, 1.54) is 0 Å². The Morgan fingerprint density at radius 1 is 1.29 bits per heavy atom. The number of nitrogens with zero attached hydrogens (tertiary/aromatic N) is 1. The zero-order valence-corrected chi connectivity index (χ0v) is 10.4. The van der Waals surface area contributed by atoms with Crippen LogP contribution < -0.4 is 5.73 Å². The van der Waals surface area contributed by atoms with E-state index in [0.29, 0.717) is 19.4 Å². The number of nitrogens with two attached hydrogens (primary N) is 1. The summed E-state index contributed by atoms with van der Waals surface area (Å²) in [7, 11) is 0. The van der Waals surface area contributed by atoms with Crippen LogP contribution in [0.4, 0.5) is 0 Å². The number of esters is 1. The highest BCUT2D eigenvalue weighted by molar-refractivity contribution is 7.80. The quantitative estimate of drug-likeness (QED) is 0.197. The van der Waals surface area contributed by atoms with Gasteiger partial charge in [0.05, 0.1) is 13.2 Å². The molecule has 17 heavy (non-hydrogen) atoms. The summed E-state index contributed by atoms with van der Waals surface area (Å²) >= 11 is 3.88. The van der Waals surface area contributed by atoms with Crippen LogP contribution >= 0.6 is 12.6 Å². The molecule has 7 nitrogen and oxygen atoms in total. The van der Waals surface area contributed by atoms with Crippen LogP contribution in [0.3, 0.4) is 0 Å². The lowest BCUT2D eigenvalue weighted by atomic mass is 10.2. The first-order valence-electron chi connectivity index (χ1n) is 5.38. The maximum atomic E-state index is 11.1. The maximum absolute atomic E-state index is 11.1. The maximum Gasteiger partial charge on any atom is 0.323 e. The predicted octanol–water partition coefficient (Wildman–Crippen LogP) is 0.555. The molecular weight excluding hydrogens is 248 g/mol. The van der Waals surface area contributed by atoms with Crippen molar-refractivity contribution in [2.75, 3.05) is 19.0 Å². The normalized spacial score (nSPS) is 11.9. The third kappa shape index (κ3) is 9.88. The second-order valence-electron chi connectivity index (χ2n) is 3.43. The Bertz CT molecular complexity index is 239. The minimum atomic E-state index is -0.805. The van der Waals surface area contributed by atoms with Gasteiger partial charge < -0.3 is 15.3 Å². The molecule has 100 valence electrons.